The number of hydrogen-bond acceptors (Lipinski definition) is 4. The summed E-state index contributed by atoms with van der Waals surface area (Å²) in [5, 5.41) is 12.1. The highest BCUT2D eigenvalue weighted by molar-refractivity contribution is 7.10. The van der Waals surface area contributed by atoms with Gasteiger partial charge in [0.1, 0.15) is 6.10 Å². The Morgan fingerprint density at radius 1 is 1.52 bits per heavy atom. The maximum Gasteiger partial charge on any atom is 0.319 e. The van der Waals surface area contributed by atoms with E-state index in [0.717, 1.165) is 42.1 Å². The van der Waals surface area contributed by atoms with Crippen LogP contribution in [0.1, 0.15) is 31.1 Å². The smallest absolute Gasteiger partial charge is 0.319 e. The molecular weight excluding hydrogens is 312 g/mol. The van der Waals surface area contributed by atoms with Crippen molar-refractivity contribution < 1.29 is 9.53 Å². The van der Waals surface area contributed by atoms with Gasteiger partial charge in [0.2, 0.25) is 0 Å². The summed E-state index contributed by atoms with van der Waals surface area (Å²) in [6, 6.07) is 1.77. The highest BCUT2D eigenvalue weighted by atomic mass is 32.1. The van der Waals surface area contributed by atoms with E-state index >= 15 is 0 Å². The van der Waals surface area contributed by atoms with Crippen LogP contribution < -0.4 is 15.4 Å². The molecule has 0 spiro atoms. The van der Waals surface area contributed by atoms with Crippen molar-refractivity contribution in [3.05, 3.63) is 28.7 Å². The van der Waals surface area contributed by atoms with Crippen molar-refractivity contribution in [1.82, 2.24) is 15.1 Å². The topological polar surface area (TPSA) is 68.2 Å². The Morgan fingerprint density at radius 2 is 2.39 bits per heavy atom. The number of carbonyl (C=O) groups excluding carboxylic acids is 1. The van der Waals surface area contributed by atoms with E-state index in [1.54, 1.807) is 17.5 Å². The number of aromatic nitrogens is 2. The first-order valence-electron chi connectivity index (χ1n) is 7.96. The normalized spacial score (nSPS) is 20.4. The lowest BCUT2D eigenvalue weighted by atomic mass is 10.2. The summed E-state index contributed by atoms with van der Waals surface area (Å²) in [6.07, 6.45) is 6.55. The standard InChI is InChI=1S/C16H22N4O2S/c1-3-20-10-12(9-17-20)22-15-6-4-5-14(15)19-16(21)18-13-7-8-23-11(13)2/h7-10,14-15H,3-6H2,1-2H3,(H2,18,19,21)/t14-,15+/m0/s1. The van der Waals surface area contributed by atoms with Crippen molar-refractivity contribution in [3.63, 3.8) is 0 Å². The molecule has 0 bridgehead atoms. The van der Waals surface area contributed by atoms with Crippen LogP contribution in [0.15, 0.2) is 23.8 Å². The minimum atomic E-state index is -0.170. The van der Waals surface area contributed by atoms with Crippen molar-refractivity contribution in [2.75, 3.05) is 5.32 Å². The fourth-order valence-electron chi connectivity index (χ4n) is 2.83. The first-order valence-corrected chi connectivity index (χ1v) is 8.84. The quantitative estimate of drug-likeness (QED) is 0.880. The molecule has 23 heavy (non-hydrogen) atoms. The van der Waals surface area contributed by atoms with Crippen molar-refractivity contribution in [1.29, 1.82) is 0 Å². The summed E-state index contributed by atoms with van der Waals surface area (Å²) in [6.45, 7) is 4.85. The minimum Gasteiger partial charge on any atom is -0.485 e. The van der Waals surface area contributed by atoms with Crippen LogP contribution in [0, 0.1) is 6.92 Å². The van der Waals surface area contributed by atoms with Gasteiger partial charge in [0.25, 0.3) is 0 Å². The number of nitrogens with zero attached hydrogens (tertiary/aromatic N) is 2. The van der Waals surface area contributed by atoms with Gasteiger partial charge in [0.05, 0.1) is 24.1 Å². The molecule has 3 rings (SSSR count). The third kappa shape index (κ3) is 3.85. The molecule has 0 aromatic carbocycles. The zero-order valence-electron chi connectivity index (χ0n) is 13.4. The molecule has 1 aliphatic carbocycles. The van der Waals surface area contributed by atoms with E-state index in [0.29, 0.717) is 0 Å². The van der Waals surface area contributed by atoms with E-state index < -0.39 is 0 Å². The largest absolute Gasteiger partial charge is 0.485 e. The molecule has 0 unspecified atom stereocenters. The Morgan fingerprint density at radius 3 is 3.09 bits per heavy atom. The number of hydrogen-bond donors (Lipinski definition) is 2. The molecule has 1 saturated carbocycles. The van der Waals surface area contributed by atoms with Crippen LogP contribution in [0.25, 0.3) is 0 Å². The Hall–Kier alpha value is -2.02. The van der Waals surface area contributed by atoms with Crippen LogP contribution in [0.4, 0.5) is 10.5 Å². The second-order valence-electron chi connectivity index (χ2n) is 5.71. The Kier molecular flexibility index (Phi) is 4.85. The summed E-state index contributed by atoms with van der Waals surface area (Å²) < 4.78 is 7.84. The van der Waals surface area contributed by atoms with E-state index in [1.807, 2.05) is 36.2 Å². The lowest BCUT2D eigenvalue weighted by molar-refractivity contribution is 0.175. The number of rotatable bonds is 5. The molecule has 0 radical (unpaired) electrons. The zero-order valence-corrected chi connectivity index (χ0v) is 14.2. The van der Waals surface area contributed by atoms with Crippen LogP contribution in [0.2, 0.25) is 0 Å². The van der Waals surface area contributed by atoms with Gasteiger partial charge in [-0.3, -0.25) is 4.68 Å². The van der Waals surface area contributed by atoms with Crippen molar-refractivity contribution >= 4 is 23.1 Å². The summed E-state index contributed by atoms with van der Waals surface area (Å²) in [5.74, 6) is 0.764. The number of ether oxygens (including phenoxy) is 1. The number of nitrogens with one attached hydrogen (secondary N) is 2. The average Bonchev–Trinajstić information content (AvgIpc) is 3.24. The number of urea groups is 1. The zero-order chi connectivity index (χ0) is 16.2. The Bertz CT molecular complexity index is 667. The lowest BCUT2D eigenvalue weighted by Crippen LogP contribution is -2.44. The minimum absolute atomic E-state index is 0.00109. The van der Waals surface area contributed by atoms with Crippen LogP contribution in [0.3, 0.4) is 0 Å². The van der Waals surface area contributed by atoms with E-state index in [1.165, 1.54) is 0 Å². The van der Waals surface area contributed by atoms with Gasteiger partial charge < -0.3 is 15.4 Å². The maximum atomic E-state index is 12.2. The molecular formula is C16H22N4O2S. The molecule has 2 aromatic heterocycles. The third-order valence-electron chi connectivity index (χ3n) is 4.10. The molecule has 0 saturated heterocycles. The highest BCUT2D eigenvalue weighted by Crippen LogP contribution is 2.25. The molecule has 7 heteroatoms. The first kappa shape index (κ1) is 15.9. The molecule has 2 amide bonds. The van der Waals surface area contributed by atoms with Gasteiger partial charge in [-0.2, -0.15) is 5.10 Å². The van der Waals surface area contributed by atoms with Gasteiger partial charge >= 0.3 is 6.03 Å². The van der Waals surface area contributed by atoms with Gasteiger partial charge in [0.15, 0.2) is 5.75 Å². The van der Waals surface area contributed by atoms with Gasteiger partial charge in [-0.05, 0) is 44.6 Å². The maximum absolute atomic E-state index is 12.2. The first-order chi connectivity index (χ1) is 11.2. The Labute approximate surface area is 139 Å². The predicted molar refractivity (Wildman–Crippen MR) is 91.2 cm³/mol. The van der Waals surface area contributed by atoms with Gasteiger partial charge in [-0.1, -0.05) is 0 Å². The summed E-state index contributed by atoms with van der Waals surface area (Å²) in [7, 11) is 0. The molecule has 1 aliphatic rings. The molecule has 1 fully saturated rings. The van der Waals surface area contributed by atoms with Crippen LogP contribution in [0.5, 0.6) is 5.75 Å². The molecule has 2 atom stereocenters. The monoisotopic (exact) mass is 334 g/mol. The average molecular weight is 334 g/mol. The van der Waals surface area contributed by atoms with Crippen LogP contribution in [-0.2, 0) is 6.54 Å². The SMILES string of the molecule is CCn1cc(O[C@@H]2CCC[C@@H]2NC(=O)Nc2ccsc2C)cn1. The van der Waals surface area contributed by atoms with Gasteiger partial charge in [-0.25, -0.2) is 4.79 Å². The van der Waals surface area contributed by atoms with Gasteiger partial charge in [0, 0.05) is 11.4 Å². The van der Waals surface area contributed by atoms with E-state index in [9.17, 15) is 4.79 Å². The highest BCUT2D eigenvalue weighted by Gasteiger charge is 2.30. The summed E-state index contributed by atoms with van der Waals surface area (Å²) in [5.41, 5.74) is 0.868. The molecule has 124 valence electrons. The van der Waals surface area contributed by atoms with Crippen molar-refractivity contribution in [2.45, 2.75) is 51.8 Å². The second kappa shape index (κ2) is 7.04. The number of aryl methyl sites for hydroxylation is 2. The molecule has 2 N–H and O–H groups in total. The fraction of sp³-hybridized carbons (Fsp3) is 0.500. The van der Waals surface area contributed by atoms with Gasteiger partial charge in [-0.15, -0.1) is 11.3 Å². The second-order valence-corrected chi connectivity index (χ2v) is 6.83. The molecule has 0 aliphatic heterocycles. The van der Waals surface area contributed by atoms with E-state index in [2.05, 4.69) is 15.7 Å². The van der Waals surface area contributed by atoms with Crippen LogP contribution in [-0.4, -0.2) is 28.0 Å². The molecule has 6 nitrogen and oxygen atoms in total. The lowest BCUT2D eigenvalue weighted by Gasteiger charge is -2.21. The number of carbonyl (C=O) groups is 1. The fourth-order valence-corrected chi connectivity index (χ4v) is 3.48. The van der Waals surface area contributed by atoms with Crippen molar-refractivity contribution in [3.8, 4) is 5.75 Å². The summed E-state index contributed by atoms with van der Waals surface area (Å²) in [4.78, 5) is 13.3. The predicted octanol–water partition coefficient (Wildman–Crippen LogP) is 3.39. The molecule has 2 aromatic rings. The Balaban J connectivity index is 1.56. The van der Waals surface area contributed by atoms with Crippen molar-refractivity contribution in [2.24, 2.45) is 0 Å². The third-order valence-corrected chi connectivity index (χ3v) is 4.94. The molecule has 2 heterocycles. The number of thiophene rings is 1. The summed E-state index contributed by atoms with van der Waals surface area (Å²) >= 11 is 1.62. The number of anilines is 1. The van der Waals surface area contributed by atoms with Crippen LogP contribution >= 0.6 is 11.3 Å². The van der Waals surface area contributed by atoms with E-state index in [-0.39, 0.29) is 18.2 Å². The number of amides is 2. The van der Waals surface area contributed by atoms with E-state index in [4.69, 9.17) is 4.74 Å².